The molecule has 1 aromatic rings. The maximum Gasteiger partial charge on any atom is 0.162 e. The van der Waals surface area contributed by atoms with Gasteiger partial charge < -0.3 is 9.84 Å². The Bertz CT molecular complexity index is 302. The van der Waals surface area contributed by atoms with Crippen LogP contribution in [0.3, 0.4) is 0 Å². The molecule has 0 heterocycles. The molecule has 1 aromatic carbocycles. The van der Waals surface area contributed by atoms with Crippen LogP contribution in [0.5, 0.6) is 0 Å². The van der Waals surface area contributed by atoms with Gasteiger partial charge in [0, 0.05) is 13.5 Å². The average Bonchev–Trinajstić information content (AvgIpc) is 2.13. The van der Waals surface area contributed by atoms with E-state index in [1.54, 1.807) is 0 Å². The fourth-order valence-electron chi connectivity index (χ4n) is 1.21. The fraction of sp³-hybridized carbons (Fsp3) is 0.400. The smallest absolute Gasteiger partial charge is 0.162 e. The van der Waals surface area contributed by atoms with Crippen molar-refractivity contribution in [3.8, 4) is 0 Å². The number of rotatable bonds is 4. The van der Waals surface area contributed by atoms with Crippen LogP contribution in [0.2, 0.25) is 0 Å². The zero-order chi connectivity index (χ0) is 10.6. The summed E-state index contributed by atoms with van der Waals surface area (Å²) >= 11 is 0. The molecule has 0 saturated carbocycles. The monoisotopic (exact) mass is 202 g/mol. The molecular weight excluding hydrogens is 190 g/mol. The number of hydrogen-bond acceptors (Lipinski definition) is 2. The molecule has 0 aliphatic carbocycles. The van der Waals surface area contributed by atoms with Crippen LogP contribution in [-0.2, 0) is 11.2 Å². The summed E-state index contributed by atoms with van der Waals surface area (Å²) in [4.78, 5) is 0. The standard InChI is InChI=1S/C10H12F2O2/c1-14-6-8(13)5-7-3-2-4-9(11)10(7)12/h2-4,8,13H,5-6H2,1H3. The van der Waals surface area contributed by atoms with Crippen molar-refractivity contribution in [2.24, 2.45) is 0 Å². The Labute approximate surface area is 81.1 Å². The molecule has 1 rings (SSSR count). The number of aliphatic hydroxyl groups excluding tert-OH is 1. The summed E-state index contributed by atoms with van der Waals surface area (Å²) in [5, 5.41) is 9.30. The van der Waals surface area contributed by atoms with E-state index < -0.39 is 17.7 Å². The fourth-order valence-corrected chi connectivity index (χ4v) is 1.21. The van der Waals surface area contributed by atoms with Crippen molar-refractivity contribution in [3.63, 3.8) is 0 Å². The van der Waals surface area contributed by atoms with Crippen molar-refractivity contribution in [2.75, 3.05) is 13.7 Å². The first kappa shape index (κ1) is 11.1. The van der Waals surface area contributed by atoms with Gasteiger partial charge in [-0.25, -0.2) is 8.78 Å². The summed E-state index contributed by atoms with van der Waals surface area (Å²) in [6.45, 7) is 0.107. The van der Waals surface area contributed by atoms with E-state index in [9.17, 15) is 13.9 Å². The molecule has 2 nitrogen and oxygen atoms in total. The van der Waals surface area contributed by atoms with E-state index in [-0.39, 0.29) is 18.6 Å². The van der Waals surface area contributed by atoms with E-state index in [0.717, 1.165) is 6.07 Å². The van der Waals surface area contributed by atoms with E-state index in [4.69, 9.17) is 0 Å². The quantitative estimate of drug-likeness (QED) is 0.802. The Morgan fingerprint density at radius 1 is 1.43 bits per heavy atom. The lowest BCUT2D eigenvalue weighted by Gasteiger charge is -2.09. The van der Waals surface area contributed by atoms with E-state index >= 15 is 0 Å². The summed E-state index contributed by atoms with van der Waals surface area (Å²) in [7, 11) is 1.44. The minimum absolute atomic E-state index is 0.0530. The number of halogens is 2. The van der Waals surface area contributed by atoms with Gasteiger partial charge in [-0.05, 0) is 11.6 Å². The predicted octanol–water partition coefficient (Wildman–Crippen LogP) is 1.51. The number of aliphatic hydroxyl groups is 1. The van der Waals surface area contributed by atoms with Gasteiger partial charge >= 0.3 is 0 Å². The van der Waals surface area contributed by atoms with Crippen molar-refractivity contribution in [2.45, 2.75) is 12.5 Å². The highest BCUT2D eigenvalue weighted by atomic mass is 19.2. The molecule has 1 unspecified atom stereocenters. The third-order valence-corrected chi connectivity index (χ3v) is 1.85. The topological polar surface area (TPSA) is 29.5 Å². The van der Waals surface area contributed by atoms with Gasteiger partial charge in [-0.2, -0.15) is 0 Å². The third kappa shape index (κ3) is 2.75. The van der Waals surface area contributed by atoms with Gasteiger partial charge in [-0.3, -0.25) is 0 Å². The Balaban J connectivity index is 2.71. The first-order chi connectivity index (χ1) is 6.65. The molecule has 4 heteroatoms. The van der Waals surface area contributed by atoms with Crippen molar-refractivity contribution < 1.29 is 18.6 Å². The summed E-state index contributed by atoms with van der Waals surface area (Å²) in [5.41, 5.74) is 0.162. The molecule has 14 heavy (non-hydrogen) atoms. The van der Waals surface area contributed by atoms with Crippen molar-refractivity contribution in [1.82, 2.24) is 0 Å². The van der Waals surface area contributed by atoms with Crippen LogP contribution in [0.25, 0.3) is 0 Å². The molecule has 78 valence electrons. The summed E-state index contributed by atoms with van der Waals surface area (Å²) < 4.78 is 30.5. The van der Waals surface area contributed by atoms with Gasteiger partial charge in [0.15, 0.2) is 11.6 Å². The zero-order valence-electron chi connectivity index (χ0n) is 7.84. The van der Waals surface area contributed by atoms with E-state index in [0.29, 0.717) is 0 Å². The van der Waals surface area contributed by atoms with Gasteiger partial charge in [0.05, 0.1) is 12.7 Å². The second kappa shape index (κ2) is 5.02. The maximum absolute atomic E-state index is 13.1. The number of hydrogen-bond donors (Lipinski definition) is 1. The Kier molecular flexibility index (Phi) is 3.98. The summed E-state index contributed by atoms with van der Waals surface area (Å²) in [6.07, 6.45) is -0.756. The molecule has 1 atom stereocenters. The molecule has 0 amide bonds. The molecule has 0 fully saturated rings. The normalized spacial score (nSPS) is 12.9. The second-order valence-electron chi connectivity index (χ2n) is 3.03. The molecule has 0 bridgehead atoms. The van der Waals surface area contributed by atoms with Crippen LogP contribution in [0, 0.1) is 11.6 Å². The first-order valence-corrected chi connectivity index (χ1v) is 4.25. The van der Waals surface area contributed by atoms with Gasteiger partial charge in [0.1, 0.15) is 0 Å². The first-order valence-electron chi connectivity index (χ1n) is 4.25. The van der Waals surface area contributed by atoms with Crippen LogP contribution in [-0.4, -0.2) is 24.9 Å². The Hall–Kier alpha value is -1.00. The minimum atomic E-state index is -0.900. The van der Waals surface area contributed by atoms with Gasteiger partial charge in [0.2, 0.25) is 0 Å². The lowest BCUT2D eigenvalue weighted by atomic mass is 10.1. The van der Waals surface area contributed by atoms with Crippen LogP contribution < -0.4 is 0 Å². The van der Waals surface area contributed by atoms with Crippen LogP contribution in [0.4, 0.5) is 8.78 Å². The lowest BCUT2D eigenvalue weighted by Crippen LogP contribution is -2.17. The second-order valence-corrected chi connectivity index (χ2v) is 3.03. The Morgan fingerprint density at radius 2 is 2.14 bits per heavy atom. The van der Waals surface area contributed by atoms with Gasteiger partial charge in [-0.15, -0.1) is 0 Å². The third-order valence-electron chi connectivity index (χ3n) is 1.85. The van der Waals surface area contributed by atoms with E-state index in [2.05, 4.69) is 4.74 Å². The van der Waals surface area contributed by atoms with Crippen molar-refractivity contribution in [3.05, 3.63) is 35.4 Å². The average molecular weight is 202 g/mol. The molecule has 0 radical (unpaired) electrons. The predicted molar refractivity (Wildman–Crippen MR) is 47.9 cm³/mol. The van der Waals surface area contributed by atoms with Crippen LogP contribution in [0.1, 0.15) is 5.56 Å². The molecule has 1 N–H and O–H groups in total. The molecular formula is C10H12F2O2. The molecule has 0 saturated heterocycles. The van der Waals surface area contributed by atoms with Crippen molar-refractivity contribution >= 4 is 0 Å². The molecule has 0 spiro atoms. The summed E-state index contributed by atoms with van der Waals surface area (Å²) in [6, 6.07) is 3.89. The van der Waals surface area contributed by atoms with Crippen LogP contribution in [0.15, 0.2) is 18.2 Å². The minimum Gasteiger partial charge on any atom is -0.390 e. The Morgan fingerprint density at radius 3 is 2.79 bits per heavy atom. The molecule has 0 aliphatic rings. The molecule has 0 aliphatic heterocycles. The highest BCUT2D eigenvalue weighted by Crippen LogP contribution is 2.13. The number of ether oxygens (including phenoxy) is 1. The van der Waals surface area contributed by atoms with Crippen LogP contribution >= 0.6 is 0 Å². The highest BCUT2D eigenvalue weighted by Gasteiger charge is 2.11. The highest BCUT2D eigenvalue weighted by molar-refractivity contribution is 5.19. The van der Waals surface area contributed by atoms with E-state index in [1.807, 2.05) is 0 Å². The number of benzene rings is 1. The van der Waals surface area contributed by atoms with Crippen molar-refractivity contribution in [1.29, 1.82) is 0 Å². The van der Waals surface area contributed by atoms with E-state index in [1.165, 1.54) is 19.2 Å². The maximum atomic E-state index is 13.1. The number of methoxy groups -OCH3 is 1. The largest absolute Gasteiger partial charge is 0.390 e. The summed E-state index contributed by atoms with van der Waals surface area (Å²) in [5.74, 6) is -1.80. The van der Waals surface area contributed by atoms with Gasteiger partial charge in [-0.1, -0.05) is 12.1 Å². The van der Waals surface area contributed by atoms with Gasteiger partial charge in [0.25, 0.3) is 0 Å². The SMILES string of the molecule is COCC(O)Cc1cccc(F)c1F. The molecule has 0 aromatic heterocycles. The zero-order valence-corrected chi connectivity index (χ0v) is 7.84. The lowest BCUT2D eigenvalue weighted by molar-refractivity contribution is 0.0644.